The lowest BCUT2D eigenvalue weighted by molar-refractivity contribution is 0.390. The number of rotatable bonds is 3. The summed E-state index contributed by atoms with van der Waals surface area (Å²) in [6.07, 6.45) is 1.53. The van der Waals surface area contributed by atoms with E-state index in [2.05, 4.69) is 16.2 Å². The molecule has 0 amide bonds. The van der Waals surface area contributed by atoms with Crippen molar-refractivity contribution in [2.24, 2.45) is 0 Å². The first-order valence-corrected chi connectivity index (χ1v) is 5.39. The Bertz CT molecular complexity index is 599. The van der Waals surface area contributed by atoms with Crippen molar-refractivity contribution < 1.29 is 4.52 Å². The third-order valence-electron chi connectivity index (χ3n) is 2.45. The number of hydrogen-bond donors (Lipinski definition) is 1. The summed E-state index contributed by atoms with van der Waals surface area (Å²) >= 11 is 0. The van der Waals surface area contributed by atoms with Gasteiger partial charge in [0, 0.05) is 13.1 Å². The van der Waals surface area contributed by atoms with Gasteiger partial charge in [-0.1, -0.05) is 5.16 Å². The van der Waals surface area contributed by atoms with Gasteiger partial charge in [0.2, 0.25) is 0 Å². The lowest BCUT2D eigenvalue weighted by Gasteiger charge is -2.17. The van der Waals surface area contributed by atoms with E-state index in [-0.39, 0.29) is 0 Å². The molecule has 2 heterocycles. The van der Waals surface area contributed by atoms with Crippen LogP contribution in [0.25, 0.3) is 0 Å². The van der Waals surface area contributed by atoms with Crippen LogP contribution in [0.4, 0.5) is 11.5 Å². The van der Waals surface area contributed by atoms with Crippen molar-refractivity contribution in [3.8, 4) is 6.07 Å². The zero-order valence-electron chi connectivity index (χ0n) is 10.2. The Labute approximate surface area is 105 Å². The summed E-state index contributed by atoms with van der Waals surface area (Å²) in [5.74, 6) is 1.33. The average molecular weight is 243 g/mol. The maximum absolute atomic E-state index is 9.06. The Hall–Kier alpha value is -2.55. The van der Waals surface area contributed by atoms with Crippen LogP contribution in [0.5, 0.6) is 0 Å². The van der Waals surface area contributed by atoms with Gasteiger partial charge in [-0.15, -0.1) is 0 Å². The van der Waals surface area contributed by atoms with Crippen LogP contribution >= 0.6 is 0 Å². The van der Waals surface area contributed by atoms with Crippen molar-refractivity contribution in [2.45, 2.75) is 13.5 Å². The molecule has 6 nitrogen and oxygen atoms in total. The van der Waals surface area contributed by atoms with Gasteiger partial charge in [-0.05, 0) is 13.0 Å². The van der Waals surface area contributed by atoms with Crippen molar-refractivity contribution in [2.75, 3.05) is 17.7 Å². The van der Waals surface area contributed by atoms with Crippen molar-refractivity contribution in [1.29, 1.82) is 5.26 Å². The molecular formula is C12H13N5O. The van der Waals surface area contributed by atoms with E-state index in [4.69, 9.17) is 15.5 Å². The first-order chi connectivity index (χ1) is 8.60. The van der Waals surface area contributed by atoms with Crippen LogP contribution in [0.1, 0.15) is 17.0 Å². The fraction of sp³-hybridized carbons (Fsp3) is 0.250. The van der Waals surface area contributed by atoms with E-state index >= 15 is 0 Å². The molecule has 0 aromatic carbocycles. The number of anilines is 2. The molecule has 18 heavy (non-hydrogen) atoms. The molecule has 6 heteroatoms. The average Bonchev–Trinajstić information content (AvgIpc) is 2.74. The zero-order valence-corrected chi connectivity index (χ0v) is 10.2. The van der Waals surface area contributed by atoms with Crippen molar-refractivity contribution >= 4 is 11.5 Å². The van der Waals surface area contributed by atoms with Gasteiger partial charge in [0.25, 0.3) is 0 Å². The summed E-state index contributed by atoms with van der Waals surface area (Å²) < 4.78 is 4.99. The second-order valence-electron chi connectivity index (χ2n) is 4.04. The first kappa shape index (κ1) is 11.9. The third kappa shape index (κ3) is 2.40. The van der Waals surface area contributed by atoms with E-state index in [1.807, 2.05) is 24.9 Å². The molecule has 0 bridgehead atoms. The number of nitrogens with zero attached hydrogens (tertiary/aromatic N) is 4. The van der Waals surface area contributed by atoms with Gasteiger partial charge < -0.3 is 15.2 Å². The van der Waals surface area contributed by atoms with Gasteiger partial charge in [0.1, 0.15) is 23.3 Å². The summed E-state index contributed by atoms with van der Waals surface area (Å²) in [4.78, 5) is 6.00. The molecule has 0 aliphatic heterocycles. The predicted octanol–water partition coefficient (Wildman–Crippen LogP) is 1.47. The van der Waals surface area contributed by atoms with Crippen LogP contribution in [0.2, 0.25) is 0 Å². The minimum absolute atomic E-state index is 0.442. The summed E-state index contributed by atoms with van der Waals surface area (Å²) in [5, 5.41) is 13.0. The molecule has 2 aromatic rings. The molecule has 0 fully saturated rings. The second kappa shape index (κ2) is 4.75. The van der Waals surface area contributed by atoms with Gasteiger partial charge >= 0.3 is 0 Å². The van der Waals surface area contributed by atoms with Crippen LogP contribution in [-0.2, 0) is 6.54 Å². The highest BCUT2D eigenvalue weighted by Crippen LogP contribution is 2.19. The number of nitrogen functional groups attached to an aromatic ring is 1. The quantitative estimate of drug-likeness (QED) is 0.877. The fourth-order valence-corrected chi connectivity index (χ4v) is 1.67. The largest absolute Gasteiger partial charge is 0.397 e. The van der Waals surface area contributed by atoms with Crippen molar-refractivity contribution in [3.05, 3.63) is 35.3 Å². The molecule has 0 aliphatic carbocycles. The Morgan fingerprint density at radius 1 is 1.50 bits per heavy atom. The normalized spacial score (nSPS) is 10.1. The Morgan fingerprint density at radius 3 is 2.89 bits per heavy atom. The van der Waals surface area contributed by atoms with Gasteiger partial charge in [-0.2, -0.15) is 5.26 Å². The minimum Gasteiger partial charge on any atom is -0.397 e. The summed E-state index contributed by atoms with van der Waals surface area (Å²) in [6.45, 7) is 2.35. The van der Waals surface area contributed by atoms with Gasteiger partial charge in [0.15, 0.2) is 0 Å². The van der Waals surface area contributed by atoms with E-state index in [0.717, 1.165) is 11.5 Å². The molecule has 2 N–H and O–H groups in total. The van der Waals surface area contributed by atoms with E-state index in [1.165, 1.54) is 6.20 Å². The molecule has 0 atom stereocenters. The van der Waals surface area contributed by atoms with E-state index in [9.17, 15) is 0 Å². The maximum Gasteiger partial charge on any atom is 0.146 e. The molecule has 0 spiro atoms. The van der Waals surface area contributed by atoms with Gasteiger partial charge in [0.05, 0.1) is 24.0 Å². The van der Waals surface area contributed by atoms with Crippen LogP contribution in [0.15, 0.2) is 22.9 Å². The Morgan fingerprint density at radius 2 is 2.28 bits per heavy atom. The molecule has 0 radical (unpaired) electrons. The smallest absolute Gasteiger partial charge is 0.146 e. The molecule has 92 valence electrons. The Kier molecular flexibility index (Phi) is 3.15. The third-order valence-corrected chi connectivity index (χ3v) is 2.45. The number of pyridine rings is 1. The summed E-state index contributed by atoms with van der Waals surface area (Å²) in [5.41, 5.74) is 7.30. The highest BCUT2D eigenvalue weighted by atomic mass is 16.5. The highest BCUT2D eigenvalue weighted by molar-refractivity contribution is 5.58. The molecule has 0 aliphatic rings. The van der Waals surface area contributed by atoms with Gasteiger partial charge in [-0.25, -0.2) is 4.98 Å². The zero-order chi connectivity index (χ0) is 13.1. The molecule has 0 saturated heterocycles. The molecule has 2 rings (SSSR count). The van der Waals surface area contributed by atoms with E-state index in [1.54, 1.807) is 6.07 Å². The topological polar surface area (TPSA) is 92.0 Å². The summed E-state index contributed by atoms with van der Waals surface area (Å²) in [7, 11) is 1.84. The SMILES string of the molecule is Cc1cc(CN(C)c2ncc(N)cc2C#N)no1. The van der Waals surface area contributed by atoms with E-state index in [0.29, 0.717) is 23.6 Å². The van der Waals surface area contributed by atoms with Crippen molar-refractivity contribution in [1.82, 2.24) is 10.1 Å². The second-order valence-corrected chi connectivity index (χ2v) is 4.04. The van der Waals surface area contributed by atoms with Crippen LogP contribution in [0.3, 0.4) is 0 Å². The number of nitrogens with two attached hydrogens (primary N) is 1. The monoisotopic (exact) mass is 243 g/mol. The van der Waals surface area contributed by atoms with E-state index < -0.39 is 0 Å². The molecular weight excluding hydrogens is 230 g/mol. The van der Waals surface area contributed by atoms with Crippen molar-refractivity contribution in [3.63, 3.8) is 0 Å². The molecule has 0 unspecified atom stereocenters. The van der Waals surface area contributed by atoms with Crippen LogP contribution < -0.4 is 10.6 Å². The number of hydrogen-bond acceptors (Lipinski definition) is 6. The van der Waals surface area contributed by atoms with Crippen LogP contribution in [0, 0.1) is 18.3 Å². The van der Waals surface area contributed by atoms with Crippen LogP contribution in [-0.4, -0.2) is 17.2 Å². The number of aromatic nitrogens is 2. The lowest BCUT2D eigenvalue weighted by Crippen LogP contribution is -2.19. The minimum atomic E-state index is 0.442. The number of nitriles is 1. The molecule has 2 aromatic heterocycles. The first-order valence-electron chi connectivity index (χ1n) is 5.39. The standard InChI is InChI=1S/C12H13N5O/c1-8-3-11(16-18-8)7-17(2)12-9(5-13)4-10(14)6-15-12/h3-4,6H,7,14H2,1-2H3. The number of aryl methyl sites for hydroxylation is 1. The predicted molar refractivity (Wildman–Crippen MR) is 66.7 cm³/mol. The summed E-state index contributed by atoms with van der Waals surface area (Å²) in [6, 6.07) is 5.53. The molecule has 0 saturated carbocycles. The lowest BCUT2D eigenvalue weighted by atomic mass is 10.2. The highest BCUT2D eigenvalue weighted by Gasteiger charge is 2.11. The fourth-order valence-electron chi connectivity index (χ4n) is 1.67. The van der Waals surface area contributed by atoms with Gasteiger partial charge in [-0.3, -0.25) is 0 Å². The Balaban J connectivity index is 2.24. The maximum atomic E-state index is 9.06.